The van der Waals surface area contributed by atoms with Crippen LogP contribution >= 0.6 is 0 Å². The molecule has 1 aromatic carbocycles. The Morgan fingerprint density at radius 1 is 1.19 bits per heavy atom. The minimum absolute atomic E-state index is 0.0990. The molecule has 2 aliphatic rings. The van der Waals surface area contributed by atoms with Crippen molar-refractivity contribution in [3.05, 3.63) is 53.5 Å². The first kappa shape index (κ1) is 17.6. The molecule has 1 fully saturated rings. The summed E-state index contributed by atoms with van der Waals surface area (Å²) in [5, 5.41) is 0. The van der Waals surface area contributed by atoms with Gasteiger partial charge in [-0.25, -0.2) is 0 Å². The van der Waals surface area contributed by atoms with Crippen molar-refractivity contribution in [3.63, 3.8) is 0 Å². The Kier molecular flexibility index (Phi) is 4.64. The summed E-state index contributed by atoms with van der Waals surface area (Å²) in [5.74, 6) is -0.100. The molecule has 27 heavy (non-hydrogen) atoms. The lowest BCUT2D eigenvalue weighted by molar-refractivity contribution is -0.123. The van der Waals surface area contributed by atoms with Crippen LogP contribution in [0, 0.1) is 5.92 Å². The second-order valence-corrected chi connectivity index (χ2v) is 7.55. The Bertz CT molecular complexity index is 852. The average Bonchev–Trinajstić information content (AvgIpc) is 3.26. The third kappa shape index (κ3) is 3.31. The number of fused-ring (bicyclic) bond motifs is 1. The van der Waals surface area contributed by atoms with Gasteiger partial charge in [0, 0.05) is 42.8 Å². The molecule has 2 aliphatic heterocycles. The fourth-order valence-electron chi connectivity index (χ4n) is 4.21. The molecule has 142 valence electrons. The average molecular weight is 367 g/mol. The number of hydrogen-bond acceptors (Lipinski definition) is 4. The van der Waals surface area contributed by atoms with E-state index in [0.717, 1.165) is 12.0 Å². The molecule has 6 nitrogen and oxygen atoms in total. The summed E-state index contributed by atoms with van der Waals surface area (Å²) >= 11 is 0. The van der Waals surface area contributed by atoms with Crippen LogP contribution in [0.25, 0.3) is 0 Å². The molecule has 0 bridgehead atoms. The second-order valence-electron chi connectivity index (χ2n) is 7.55. The van der Waals surface area contributed by atoms with Crippen LogP contribution in [-0.2, 0) is 17.8 Å². The highest BCUT2D eigenvalue weighted by Crippen LogP contribution is 2.34. The monoisotopic (exact) mass is 367 g/mol. The first-order valence-electron chi connectivity index (χ1n) is 9.54. The van der Waals surface area contributed by atoms with Crippen molar-refractivity contribution in [2.75, 3.05) is 18.0 Å². The molecular formula is C21H25N3O3. The Labute approximate surface area is 158 Å². The number of hydrogen-bond donors (Lipinski definition) is 1. The number of benzene rings is 1. The SMILES string of the molecule is CC1Cc2ccccc2N1Cc1ccoc1C(=O)N1CCC(C(N)=O)CC1. The normalized spacial score (nSPS) is 20.0. The van der Waals surface area contributed by atoms with E-state index in [0.29, 0.717) is 44.3 Å². The van der Waals surface area contributed by atoms with Gasteiger partial charge in [-0.1, -0.05) is 18.2 Å². The summed E-state index contributed by atoms with van der Waals surface area (Å²) in [6.07, 6.45) is 3.84. The third-order valence-corrected chi connectivity index (χ3v) is 5.81. The number of nitrogens with zero attached hydrogens (tertiary/aromatic N) is 2. The highest BCUT2D eigenvalue weighted by atomic mass is 16.3. The van der Waals surface area contributed by atoms with Gasteiger partial charge in [0.1, 0.15) is 0 Å². The van der Waals surface area contributed by atoms with Gasteiger partial charge in [0.25, 0.3) is 5.91 Å². The van der Waals surface area contributed by atoms with Crippen LogP contribution in [0.5, 0.6) is 0 Å². The van der Waals surface area contributed by atoms with Crippen LogP contribution in [-0.4, -0.2) is 35.8 Å². The van der Waals surface area contributed by atoms with E-state index in [1.807, 2.05) is 12.1 Å². The molecule has 1 aromatic heterocycles. The standard InChI is InChI=1S/C21H25N3O3/c1-14-12-16-4-2-3-5-18(16)24(14)13-17-8-11-27-19(17)21(26)23-9-6-15(7-10-23)20(22)25/h2-5,8,11,14-15H,6-7,9-10,12-13H2,1H3,(H2,22,25). The smallest absolute Gasteiger partial charge is 0.289 e. The number of amides is 2. The lowest BCUT2D eigenvalue weighted by atomic mass is 9.96. The van der Waals surface area contributed by atoms with Crippen LogP contribution in [0.15, 0.2) is 41.0 Å². The quantitative estimate of drug-likeness (QED) is 0.901. The molecule has 1 atom stereocenters. The zero-order valence-corrected chi connectivity index (χ0v) is 15.6. The molecule has 1 unspecified atom stereocenters. The molecule has 2 amide bonds. The summed E-state index contributed by atoms with van der Waals surface area (Å²) in [6.45, 7) is 3.93. The maximum Gasteiger partial charge on any atom is 0.289 e. The predicted octanol–water partition coefficient (Wildman–Crippen LogP) is 2.57. The van der Waals surface area contributed by atoms with Crippen molar-refractivity contribution in [2.45, 2.75) is 38.8 Å². The summed E-state index contributed by atoms with van der Waals surface area (Å²) in [6, 6.07) is 10.7. The second kappa shape index (κ2) is 7.10. The first-order chi connectivity index (χ1) is 13.0. The molecule has 0 spiro atoms. The largest absolute Gasteiger partial charge is 0.459 e. The van der Waals surface area contributed by atoms with Gasteiger partial charge in [0.2, 0.25) is 5.91 Å². The predicted molar refractivity (Wildman–Crippen MR) is 102 cm³/mol. The third-order valence-electron chi connectivity index (χ3n) is 5.81. The number of primary amides is 1. The number of rotatable bonds is 4. The van der Waals surface area contributed by atoms with Crippen molar-refractivity contribution in [1.82, 2.24) is 4.90 Å². The Morgan fingerprint density at radius 2 is 1.93 bits per heavy atom. The molecular weight excluding hydrogens is 342 g/mol. The number of nitrogens with two attached hydrogens (primary N) is 1. The van der Waals surface area contributed by atoms with E-state index < -0.39 is 0 Å². The topological polar surface area (TPSA) is 79.8 Å². The minimum Gasteiger partial charge on any atom is -0.459 e. The number of carbonyl (C=O) groups excluding carboxylic acids is 2. The molecule has 1 saturated heterocycles. The Hall–Kier alpha value is -2.76. The van der Waals surface area contributed by atoms with E-state index in [1.165, 1.54) is 11.3 Å². The van der Waals surface area contributed by atoms with Crippen LogP contribution < -0.4 is 10.6 Å². The highest BCUT2D eigenvalue weighted by molar-refractivity contribution is 5.93. The van der Waals surface area contributed by atoms with Crippen LogP contribution in [0.1, 0.15) is 41.4 Å². The van der Waals surface area contributed by atoms with Crippen molar-refractivity contribution in [2.24, 2.45) is 11.7 Å². The number of likely N-dealkylation sites (tertiary alicyclic amines) is 1. The zero-order valence-electron chi connectivity index (χ0n) is 15.6. The number of anilines is 1. The number of para-hydroxylation sites is 1. The van der Waals surface area contributed by atoms with Gasteiger partial charge >= 0.3 is 0 Å². The number of piperidine rings is 1. The molecule has 3 heterocycles. The first-order valence-corrected chi connectivity index (χ1v) is 9.54. The van der Waals surface area contributed by atoms with Crippen molar-refractivity contribution in [1.29, 1.82) is 0 Å². The van der Waals surface area contributed by atoms with Gasteiger partial charge in [-0.3, -0.25) is 9.59 Å². The fourth-order valence-corrected chi connectivity index (χ4v) is 4.21. The summed E-state index contributed by atoms with van der Waals surface area (Å²) < 4.78 is 5.58. The Balaban J connectivity index is 1.49. The van der Waals surface area contributed by atoms with Crippen molar-refractivity contribution in [3.8, 4) is 0 Å². The maximum atomic E-state index is 13.0. The van der Waals surface area contributed by atoms with E-state index >= 15 is 0 Å². The van der Waals surface area contributed by atoms with Crippen molar-refractivity contribution < 1.29 is 14.0 Å². The lowest BCUT2D eigenvalue weighted by Crippen LogP contribution is -2.42. The van der Waals surface area contributed by atoms with Gasteiger partial charge in [-0.05, 0) is 43.9 Å². The molecule has 0 radical (unpaired) electrons. The lowest BCUT2D eigenvalue weighted by Gasteiger charge is -2.30. The number of furan rings is 1. The van der Waals surface area contributed by atoms with Gasteiger partial charge in [0.05, 0.1) is 6.26 Å². The summed E-state index contributed by atoms with van der Waals surface area (Å²) in [5.41, 5.74) is 8.86. The van der Waals surface area contributed by atoms with E-state index in [-0.39, 0.29) is 17.7 Å². The maximum absolute atomic E-state index is 13.0. The van der Waals surface area contributed by atoms with Crippen LogP contribution in [0.4, 0.5) is 5.69 Å². The molecule has 2 N–H and O–H groups in total. The molecule has 0 saturated carbocycles. The van der Waals surface area contributed by atoms with E-state index in [1.54, 1.807) is 11.2 Å². The fraction of sp³-hybridized carbons (Fsp3) is 0.429. The highest BCUT2D eigenvalue weighted by Gasteiger charge is 2.31. The van der Waals surface area contributed by atoms with Crippen LogP contribution in [0.2, 0.25) is 0 Å². The van der Waals surface area contributed by atoms with Crippen LogP contribution in [0.3, 0.4) is 0 Å². The summed E-state index contributed by atoms with van der Waals surface area (Å²) in [4.78, 5) is 28.4. The molecule has 4 rings (SSSR count). The minimum atomic E-state index is -0.275. The Morgan fingerprint density at radius 3 is 2.67 bits per heavy atom. The van der Waals surface area contributed by atoms with Gasteiger partial charge < -0.3 is 20.0 Å². The van der Waals surface area contributed by atoms with E-state index in [4.69, 9.17) is 10.2 Å². The van der Waals surface area contributed by atoms with E-state index in [9.17, 15) is 9.59 Å². The van der Waals surface area contributed by atoms with Gasteiger partial charge in [0.15, 0.2) is 5.76 Å². The van der Waals surface area contributed by atoms with Gasteiger partial charge in [-0.2, -0.15) is 0 Å². The van der Waals surface area contributed by atoms with Gasteiger partial charge in [-0.15, -0.1) is 0 Å². The summed E-state index contributed by atoms with van der Waals surface area (Å²) in [7, 11) is 0. The molecule has 2 aromatic rings. The molecule has 6 heteroatoms. The number of carbonyl (C=O) groups is 2. The zero-order chi connectivity index (χ0) is 19.0. The van der Waals surface area contributed by atoms with Crippen molar-refractivity contribution >= 4 is 17.5 Å². The van der Waals surface area contributed by atoms with E-state index in [2.05, 4.69) is 30.0 Å². The molecule has 0 aliphatic carbocycles.